The Kier molecular flexibility index (Phi) is 5.14. The summed E-state index contributed by atoms with van der Waals surface area (Å²) >= 11 is 1.27. The number of H-pyrrole nitrogens is 1. The molecule has 122 valence electrons. The molecule has 1 aliphatic heterocycles. The number of hydrogen-bond acceptors (Lipinski definition) is 6. The molecule has 1 saturated heterocycles. The fourth-order valence-corrected chi connectivity index (χ4v) is 3.37. The molecule has 2 heterocycles. The zero-order valence-corrected chi connectivity index (χ0v) is 13.4. The molecule has 4 N–H and O–H groups in total. The molecule has 2 unspecified atom stereocenters. The van der Waals surface area contributed by atoms with Crippen molar-refractivity contribution in [3.63, 3.8) is 0 Å². The number of amides is 1. The number of anilines is 1. The summed E-state index contributed by atoms with van der Waals surface area (Å²) in [5, 5.41) is 9.56. The van der Waals surface area contributed by atoms with Gasteiger partial charge in [-0.1, -0.05) is 42.1 Å². The van der Waals surface area contributed by atoms with Crippen LogP contribution in [0.2, 0.25) is 0 Å². The Balaban J connectivity index is 1.70. The van der Waals surface area contributed by atoms with Crippen LogP contribution in [0.4, 0.5) is 5.95 Å². The second kappa shape index (κ2) is 7.47. The van der Waals surface area contributed by atoms with Crippen LogP contribution in [0.1, 0.15) is 23.7 Å². The summed E-state index contributed by atoms with van der Waals surface area (Å²) in [5.74, 6) is 0.152. The van der Waals surface area contributed by atoms with Crippen molar-refractivity contribution in [1.29, 1.82) is 0 Å². The molecule has 0 spiro atoms. The number of aromatic nitrogens is 3. The van der Waals surface area contributed by atoms with Crippen molar-refractivity contribution in [2.45, 2.75) is 29.4 Å². The smallest absolute Gasteiger partial charge is 0.238 e. The third-order valence-corrected chi connectivity index (χ3v) is 4.69. The Hall–Kier alpha value is -2.06. The molecule has 23 heavy (non-hydrogen) atoms. The maximum Gasteiger partial charge on any atom is 0.238 e. The summed E-state index contributed by atoms with van der Waals surface area (Å²) in [4.78, 5) is 16.7. The molecule has 1 fully saturated rings. The number of carbonyl (C=O) groups excluding carboxylic acids is 1. The van der Waals surface area contributed by atoms with Crippen LogP contribution >= 0.6 is 11.8 Å². The van der Waals surface area contributed by atoms with Crippen molar-refractivity contribution in [3.05, 3.63) is 35.9 Å². The van der Waals surface area contributed by atoms with Gasteiger partial charge in [-0.15, -0.1) is 5.10 Å². The Morgan fingerprint density at radius 3 is 2.96 bits per heavy atom. The van der Waals surface area contributed by atoms with Crippen molar-refractivity contribution in [2.75, 3.05) is 18.9 Å². The summed E-state index contributed by atoms with van der Waals surface area (Å²) < 4.78 is 5.54. The van der Waals surface area contributed by atoms with Crippen molar-refractivity contribution in [2.24, 2.45) is 0 Å². The number of nitrogens with one attached hydrogen (secondary N) is 2. The minimum atomic E-state index is -0.437. The zero-order chi connectivity index (χ0) is 16.1. The first kappa shape index (κ1) is 15.8. The number of thioether (sulfide) groups is 1. The van der Waals surface area contributed by atoms with E-state index in [1.54, 1.807) is 0 Å². The maximum absolute atomic E-state index is 12.6. The monoisotopic (exact) mass is 333 g/mol. The molecule has 0 radical (unpaired) electrons. The minimum absolute atomic E-state index is 0.0833. The quantitative estimate of drug-likeness (QED) is 0.692. The first-order valence-electron chi connectivity index (χ1n) is 7.51. The van der Waals surface area contributed by atoms with Gasteiger partial charge in [0, 0.05) is 13.2 Å². The predicted molar refractivity (Wildman–Crippen MR) is 87.8 cm³/mol. The molecule has 0 aliphatic carbocycles. The minimum Gasteiger partial charge on any atom is -0.376 e. The Morgan fingerprint density at radius 1 is 1.48 bits per heavy atom. The summed E-state index contributed by atoms with van der Waals surface area (Å²) in [6.45, 7) is 1.30. The van der Waals surface area contributed by atoms with Crippen LogP contribution in [-0.2, 0) is 9.53 Å². The lowest BCUT2D eigenvalue weighted by Gasteiger charge is -2.17. The van der Waals surface area contributed by atoms with E-state index in [-0.39, 0.29) is 18.0 Å². The SMILES string of the molecule is Nc1nc(SC(C(=O)NCC2CCCO2)c2ccccc2)n[nH]1. The van der Waals surface area contributed by atoms with Crippen LogP contribution < -0.4 is 11.1 Å². The van der Waals surface area contributed by atoms with Gasteiger partial charge in [-0.05, 0) is 18.4 Å². The van der Waals surface area contributed by atoms with Crippen molar-refractivity contribution in [3.8, 4) is 0 Å². The fraction of sp³-hybridized carbons (Fsp3) is 0.400. The van der Waals surface area contributed by atoms with Crippen molar-refractivity contribution >= 4 is 23.6 Å². The molecule has 1 aromatic carbocycles. The topological polar surface area (TPSA) is 106 Å². The van der Waals surface area contributed by atoms with Crippen molar-refractivity contribution in [1.82, 2.24) is 20.5 Å². The summed E-state index contributed by atoms with van der Waals surface area (Å²) in [7, 11) is 0. The number of hydrogen-bond donors (Lipinski definition) is 3. The third kappa shape index (κ3) is 4.23. The molecule has 1 aliphatic rings. The summed E-state index contributed by atoms with van der Waals surface area (Å²) in [6.07, 6.45) is 2.15. The van der Waals surface area contributed by atoms with Gasteiger partial charge >= 0.3 is 0 Å². The lowest BCUT2D eigenvalue weighted by molar-refractivity contribution is -0.121. The molecule has 7 nitrogen and oxygen atoms in total. The molecule has 2 atom stereocenters. The van der Waals surface area contributed by atoms with Crippen LogP contribution in [-0.4, -0.2) is 40.3 Å². The number of nitrogens with zero attached hydrogens (tertiary/aromatic N) is 2. The Labute approximate surface area is 138 Å². The summed E-state index contributed by atoms with van der Waals surface area (Å²) in [6, 6.07) is 9.56. The van der Waals surface area contributed by atoms with E-state index in [0.29, 0.717) is 11.7 Å². The predicted octanol–water partition coefficient (Wildman–Crippen LogP) is 1.52. The van der Waals surface area contributed by atoms with E-state index >= 15 is 0 Å². The van der Waals surface area contributed by atoms with Gasteiger partial charge in [-0.2, -0.15) is 4.98 Å². The normalized spacial score (nSPS) is 18.7. The highest BCUT2D eigenvalue weighted by molar-refractivity contribution is 8.00. The maximum atomic E-state index is 12.6. The van der Waals surface area contributed by atoms with Gasteiger partial charge in [0.15, 0.2) is 0 Å². The van der Waals surface area contributed by atoms with Crippen LogP contribution in [0.25, 0.3) is 0 Å². The van der Waals surface area contributed by atoms with E-state index in [4.69, 9.17) is 10.5 Å². The summed E-state index contributed by atoms with van der Waals surface area (Å²) in [5.41, 5.74) is 6.45. The van der Waals surface area contributed by atoms with Crippen LogP contribution in [0.3, 0.4) is 0 Å². The first-order chi connectivity index (χ1) is 11.2. The van der Waals surface area contributed by atoms with Gasteiger partial charge in [0.2, 0.25) is 17.0 Å². The lowest BCUT2D eigenvalue weighted by Crippen LogP contribution is -2.34. The van der Waals surface area contributed by atoms with Gasteiger partial charge in [0.05, 0.1) is 6.10 Å². The molecular weight excluding hydrogens is 314 g/mol. The number of nitrogen functional groups attached to an aromatic ring is 1. The molecule has 8 heteroatoms. The Bertz CT molecular complexity index is 642. The van der Waals surface area contributed by atoms with Crippen LogP contribution in [0.15, 0.2) is 35.5 Å². The molecular formula is C15H19N5O2S. The highest BCUT2D eigenvalue weighted by Crippen LogP contribution is 2.33. The molecule has 1 aromatic heterocycles. The Morgan fingerprint density at radius 2 is 2.30 bits per heavy atom. The standard InChI is InChI=1S/C15H19N5O2S/c16-14-18-15(20-19-14)23-12(10-5-2-1-3-6-10)13(21)17-9-11-7-4-8-22-11/h1-3,5-6,11-12H,4,7-9H2,(H,17,21)(H3,16,18,19,20). The number of rotatable bonds is 6. The van der Waals surface area contributed by atoms with Gasteiger partial charge in [-0.25, -0.2) is 5.10 Å². The van der Waals surface area contributed by atoms with Crippen LogP contribution in [0, 0.1) is 0 Å². The van der Waals surface area contributed by atoms with E-state index in [2.05, 4.69) is 20.5 Å². The number of aromatic amines is 1. The van der Waals surface area contributed by atoms with Crippen molar-refractivity contribution < 1.29 is 9.53 Å². The van der Waals surface area contributed by atoms with Gasteiger partial charge in [0.1, 0.15) is 5.25 Å². The lowest BCUT2D eigenvalue weighted by atomic mass is 10.1. The molecule has 3 rings (SSSR count). The van der Waals surface area contributed by atoms with E-state index in [0.717, 1.165) is 25.0 Å². The zero-order valence-electron chi connectivity index (χ0n) is 12.6. The van der Waals surface area contributed by atoms with E-state index in [9.17, 15) is 4.79 Å². The second-order valence-electron chi connectivity index (χ2n) is 5.29. The highest BCUT2D eigenvalue weighted by Gasteiger charge is 2.25. The van der Waals surface area contributed by atoms with Gasteiger partial charge in [0.25, 0.3) is 0 Å². The third-order valence-electron chi connectivity index (χ3n) is 3.57. The average molecular weight is 333 g/mol. The number of carbonyl (C=O) groups is 1. The van der Waals surface area contributed by atoms with E-state index < -0.39 is 5.25 Å². The molecule has 2 aromatic rings. The second-order valence-corrected chi connectivity index (χ2v) is 6.36. The average Bonchev–Trinajstić information content (AvgIpc) is 3.23. The molecule has 1 amide bonds. The molecule has 0 saturated carbocycles. The molecule has 0 bridgehead atoms. The van der Waals surface area contributed by atoms with E-state index in [1.807, 2.05) is 30.3 Å². The number of benzene rings is 1. The van der Waals surface area contributed by atoms with Crippen LogP contribution in [0.5, 0.6) is 0 Å². The first-order valence-corrected chi connectivity index (χ1v) is 8.39. The largest absolute Gasteiger partial charge is 0.376 e. The van der Waals surface area contributed by atoms with Gasteiger partial charge in [-0.3, -0.25) is 4.79 Å². The number of ether oxygens (including phenoxy) is 1. The number of nitrogens with two attached hydrogens (primary N) is 1. The highest BCUT2D eigenvalue weighted by atomic mass is 32.2. The van der Waals surface area contributed by atoms with E-state index in [1.165, 1.54) is 11.8 Å². The fourth-order valence-electron chi connectivity index (χ4n) is 2.43. The van der Waals surface area contributed by atoms with Gasteiger partial charge < -0.3 is 15.8 Å².